The lowest BCUT2D eigenvalue weighted by molar-refractivity contribution is 0.154. The van der Waals surface area contributed by atoms with Gasteiger partial charge in [-0.3, -0.25) is 4.18 Å². The number of hydrogen-bond donors (Lipinski definition) is 0. The van der Waals surface area contributed by atoms with Gasteiger partial charge in [0.25, 0.3) is 10.1 Å². The van der Waals surface area contributed by atoms with Gasteiger partial charge in [-0.05, 0) is 44.2 Å². The van der Waals surface area contributed by atoms with Crippen LogP contribution in [0.15, 0.2) is 29.2 Å². The molecule has 0 radical (unpaired) electrons. The minimum absolute atomic E-state index is 0.0395. The lowest BCUT2D eigenvalue weighted by atomic mass is 10.0. The zero-order chi connectivity index (χ0) is 12.7. The van der Waals surface area contributed by atoms with E-state index in [0.29, 0.717) is 0 Å². The zero-order valence-electron chi connectivity index (χ0n) is 10.4. The first-order valence-corrected chi connectivity index (χ1v) is 7.24. The van der Waals surface area contributed by atoms with E-state index < -0.39 is 10.1 Å². The minimum Gasteiger partial charge on any atom is -0.263 e. The molecule has 0 aromatic heterocycles. The maximum atomic E-state index is 12.0. The average molecular weight is 254 g/mol. The van der Waals surface area contributed by atoms with E-state index in [0.717, 1.165) is 18.4 Å². The molecule has 94 valence electrons. The minimum atomic E-state index is -3.62. The van der Waals surface area contributed by atoms with Gasteiger partial charge in [-0.25, -0.2) is 0 Å². The van der Waals surface area contributed by atoms with Crippen molar-refractivity contribution in [2.24, 2.45) is 5.41 Å². The molecule has 0 aliphatic heterocycles. The molecule has 0 spiro atoms. The molecule has 2 rings (SSSR count). The first-order valence-electron chi connectivity index (χ1n) is 5.83. The van der Waals surface area contributed by atoms with E-state index in [1.165, 1.54) is 0 Å². The molecule has 0 N–H and O–H groups in total. The molecule has 17 heavy (non-hydrogen) atoms. The topological polar surface area (TPSA) is 43.4 Å². The summed E-state index contributed by atoms with van der Waals surface area (Å²) in [7, 11) is -3.62. The van der Waals surface area contributed by atoms with Gasteiger partial charge in [-0.15, -0.1) is 0 Å². The van der Waals surface area contributed by atoms with Crippen LogP contribution in [0, 0.1) is 12.3 Å². The van der Waals surface area contributed by atoms with Crippen LogP contribution in [0.25, 0.3) is 0 Å². The van der Waals surface area contributed by atoms with Crippen molar-refractivity contribution in [1.82, 2.24) is 0 Å². The van der Waals surface area contributed by atoms with Crippen LogP contribution >= 0.6 is 0 Å². The van der Waals surface area contributed by atoms with Gasteiger partial charge in [0.2, 0.25) is 0 Å². The molecule has 3 nitrogen and oxygen atoms in total. The maximum absolute atomic E-state index is 12.0. The summed E-state index contributed by atoms with van der Waals surface area (Å²) in [6, 6.07) is 6.73. The van der Waals surface area contributed by atoms with E-state index in [1.54, 1.807) is 24.3 Å². The quantitative estimate of drug-likeness (QED) is 0.776. The van der Waals surface area contributed by atoms with Crippen LogP contribution < -0.4 is 0 Å². The van der Waals surface area contributed by atoms with E-state index in [1.807, 2.05) is 13.8 Å². The summed E-state index contributed by atoms with van der Waals surface area (Å²) in [6.45, 7) is 5.81. The van der Waals surface area contributed by atoms with Crippen molar-refractivity contribution in [3.8, 4) is 0 Å². The van der Waals surface area contributed by atoms with Crippen molar-refractivity contribution in [1.29, 1.82) is 0 Å². The molecule has 0 bridgehead atoms. The van der Waals surface area contributed by atoms with Crippen LogP contribution in [-0.4, -0.2) is 14.5 Å². The lowest BCUT2D eigenvalue weighted by Crippen LogP contribution is -2.23. The third kappa shape index (κ3) is 2.69. The van der Waals surface area contributed by atoms with Crippen molar-refractivity contribution in [2.75, 3.05) is 0 Å². The molecule has 0 heterocycles. The van der Waals surface area contributed by atoms with Gasteiger partial charge in [0.1, 0.15) is 0 Å². The Bertz CT molecular complexity index is 498. The maximum Gasteiger partial charge on any atom is 0.297 e. The number of benzene rings is 1. The second kappa shape index (κ2) is 4.10. The third-order valence-electron chi connectivity index (χ3n) is 3.60. The number of rotatable bonds is 4. The summed E-state index contributed by atoms with van der Waals surface area (Å²) in [6.07, 6.45) is 1.82. The fraction of sp³-hybridized carbons (Fsp3) is 0.538. The Morgan fingerprint density at radius 1 is 1.24 bits per heavy atom. The molecule has 1 aromatic rings. The molecule has 1 unspecified atom stereocenters. The molecule has 1 aromatic carbocycles. The van der Waals surface area contributed by atoms with Gasteiger partial charge < -0.3 is 0 Å². The molecule has 1 aliphatic carbocycles. The predicted octanol–water partition coefficient (Wildman–Crippen LogP) is 2.89. The molecule has 1 aliphatic rings. The Hall–Kier alpha value is -0.870. The first kappa shape index (κ1) is 12.6. The van der Waals surface area contributed by atoms with E-state index in [-0.39, 0.29) is 16.4 Å². The summed E-state index contributed by atoms with van der Waals surface area (Å²) >= 11 is 0. The van der Waals surface area contributed by atoms with E-state index in [2.05, 4.69) is 6.92 Å². The Morgan fingerprint density at radius 2 is 1.76 bits per heavy atom. The molecule has 4 heteroatoms. The van der Waals surface area contributed by atoms with Gasteiger partial charge in [0.05, 0.1) is 11.0 Å². The van der Waals surface area contributed by atoms with Crippen molar-refractivity contribution in [3.05, 3.63) is 29.8 Å². The van der Waals surface area contributed by atoms with Crippen molar-refractivity contribution in [2.45, 2.75) is 44.6 Å². The Labute approximate surface area is 103 Å². The summed E-state index contributed by atoms with van der Waals surface area (Å²) in [5, 5.41) is 0. The fourth-order valence-corrected chi connectivity index (χ4v) is 2.86. The molecular formula is C13H18O3S. The van der Waals surface area contributed by atoms with Crippen molar-refractivity contribution < 1.29 is 12.6 Å². The van der Waals surface area contributed by atoms with E-state index >= 15 is 0 Å². The van der Waals surface area contributed by atoms with Gasteiger partial charge in [-0.1, -0.05) is 24.6 Å². The van der Waals surface area contributed by atoms with Gasteiger partial charge in [0.15, 0.2) is 0 Å². The van der Waals surface area contributed by atoms with Crippen LogP contribution in [0.4, 0.5) is 0 Å². The standard InChI is InChI=1S/C13H18O3S/c1-10-4-6-12(7-5-10)17(14,15)16-11(2)13(3)8-9-13/h4-7,11H,8-9H2,1-3H3. The normalized spacial score (nSPS) is 19.9. The smallest absolute Gasteiger partial charge is 0.263 e. The van der Waals surface area contributed by atoms with Crippen LogP contribution in [0.2, 0.25) is 0 Å². The van der Waals surface area contributed by atoms with E-state index in [9.17, 15) is 8.42 Å². The van der Waals surface area contributed by atoms with Crippen LogP contribution in [-0.2, 0) is 14.3 Å². The Morgan fingerprint density at radius 3 is 2.24 bits per heavy atom. The Balaban J connectivity index is 2.16. The highest BCUT2D eigenvalue weighted by Crippen LogP contribution is 2.49. The SMILES string of the molecule is Cc1ccc(S(=O)(=O)OC(C)C2(C)CC2)cc1. The number of aryl methyl sites for hydroxylation is 1. The van der Waals surface area contributed by atoms with Gasteiger partial charge in [-0.2, -0.15) is 8.42 Å². The average Bonchev–Trinajstić information content (AvgIpc) is 2.98. The van der Waals surface area contributed by atoms with Crippen molar-refractivity contribution in [3.63, 3.8) is 0 Å². The fourth-order valence-electron chi connectivity index (χ4n) is 1.67. The second-order valence-corrected chi connectivity index (χ2v) is 6.73. The summed E-state index contributed by atoms with van der Waals surface area (Å²) in [5.74, 6) is 0. The molecule has 1 saturated carbocycles. The van der Waals surface area contributed by atoms with Crippen molar-refractivity contribution >= 4 is 10.1 Å². The van der Waals surface area contributed by atoms with Crippen LogP contribution in [0.5, 0.6) is 0 Å². The molecule has 1 atom stereocenters. The first-order chi connectivity index (χ1) is 7.83. The van der Waals surface area contributed by atoms with E-state index in [4.69, 9.17) is 4.18 Å². The highest BCUT2D eigenvalue weighted by molar-refractivity contribution is 7.86. The number of hydrogen-bond acceptors (Lipinski definition) is 3. The second-order valence-electron chi connectivity index (χ2n) is 5.16. The Kier molecular flexibility index (Phi) is 3.04. The summed E-state index contributed by atoms with van der Waals surface area (Å²) in [5.41, 5.74) is 1.07. The lowest BCUT2D eigenvalue weighted by Gasteiger charge is -2.18. The molecule has 1 fully saturated rings. The van der Waals surface area contributed by atoms with Gasteiger partial charge >= 0.3 is 0 Å². The summed E-state index contributed by atoms with van der Waals surface area (Å²) in [4.78, 5) is 0.235. The largest absolute Gasteiger partial charge is 0.297 e. The summed E-state index contributed by atoms with van der Waals surface area (Å²) < 4.78 is 29.3. The monoisotopic (exact) mass is 254 g/mol. The van der Waals surface area contributed by atoms with Crippen LogP contribution in [0.1, 0.15) is 32.3 Å². The van der Waals surface area contributed by atoms with Crippen LogP contribution in [0.3, 0.4) is 0 Å². The molecule has 0 saturated heterocycles. The van der Waals surface area contributed by atoms with Gasteiger partial charge in [0, 0.05) is 0 Å². The predicted molar refractivity (Wildman–Crippen MR) is 66.3 cm³/mol. The molecular weight excluding hydrogens is 236 g/mol. The molecule has 0 amide bonds. The highest BCUT2D eigenvalue weighted by atomic mass is 32.2. The highest BCUT2D eigenvalue weighted by Gasteiger charge is 2.45. The zero-order valence-corrected chi connectivity index (χ0v) is 11.3. The third-order valence-corrected chi connectivity index (χ3v) is 4.99.